The Labute approximate surface area is 220 Å². The van der Waals surface area contributed by atoms with Crippen LogP contribution in [0, 0.1) is 0 Å². The van der Waals surface area contributed by atoms with E-state index in [9.17, 15) is 24.2 Å². The number of fused-ring (bicyclic) bond motifs is 2. The molecule has 202 valence electrons. The third kappa shape index (κ3) is 5.62. The Morgan fingerprint density at radius 3 is 2.53 bits per heavy atom. The van der Waals surface area contributed by atoms with Crippen molar-refractivity contribution < 1.29 is 38.8 Å². The van der Waals surface area contributed by atoms with Crippen molar-refractivity contribution in [3.05, 3.63) is 54.1 Å². The van der Waals surface area contributed by atoms with Crippen molar-refractivity contribution in [2.45, 2.75) is 31.0 Å². The number of aliphatic hydroxyl groups excluding tert-OH is 2. The molecule has 3 unspecified atom stereocenters. The smallest absolute Gasteiger partial charge is 0.335 e. The Balaban J connectivity index is 1.41. The second-order valence-electron chi connectivity index (χ2n) is 9.03. The van der Waals surface area contributed by atoms with Gasteiger partial charge in [-0.05, 0) is 29.5 Å². The van der Waals surface area contributed by atoms with Crippen LogP contribution in [-0.4, -0.2) is 74.8 Å². The molecule has 13 nitrogen and oxygen atoms in total. The number of nitrogens with zero attached hydrogens (tertiary/aromatic N) is 4. The van der Waals surface area contributed by atoms with E-state index in [1.807, 2.05) is 42.5 Å². The second-order valence-corrected chi connectivity index (χ2v) is 14.0. The molecular weight excluding hydrogens is 560 g/mol. The van der Waals surface area contributed by atoms with Crippen molar-refractivity contribution in [2.75, 3.05) is 17.4 Å². The molecule has 2 aromatic heterocycles. The minimum atomic E-state index is -4.71. The molecule has 3 heterocycles. The lowest BCUT2D eigenvalue weighted by molar-refractivity contribution is -0.0354. The third-order valence-electron chi connectivity index (χ3n) is 6.22. The number of anilines is 2. The summed E-state index contributed by atoms with van der Waals surface area (Å²) in [5.41, 5.74) is 1.28. The molecule has 0 radical (unpaired) electrons. The van der Waals surface area contributed by atoms with Crippen molar-refractivity contribution in [2.24, 2.45) is 0 Å². The Morgan fingerprint density at radius 2 is 1.76 bits per heavy atom. The molecule has 1 aliphatic rings. The first kappa shape index (κ1) is 27.1. The number of halogens is 1. The minimum absolute atomic E-state index is 0.106. The van der Waals surface area contributed by atoms with Gasteiger partial charge >= 0.3 is 7.60 Å². The first-order chi connectivity index (χ1) is 17.9. The molecule has 5 rings (SSSR count). The van der Waals surface area contributed by atoms with E-state index in [-0.39, 0.29) is 17.4 Å². The van der Waals surface area contributed by atoms with Gasteiger partial charge in [0.2, 0.25) is 12.7 Å². The summed E-state index contributed by atoms with van der Waals surface area (Å²) in [6, 6.07) is 13.5. The summed E-state index contributed by atoms with van der Waals surface area (Å²) in [7, 11) is -8.91. The standard InChI is InChI=1S/C22H24ClN5O8P2/c23-22-26-19(25-14-7-3-5-12-4-1-2-6-13(12)14)16-20(27-22)28(10-24-16)21-18(30)17(29)15(36-21)8-9-37(31,32)11-38(33,34)35/h1-7,10,15,17-18,21,29-30H,8-9,11H2,(H,31,32)(H,25,26,27)(H2,33,34,35)/t15-,17?,18?,21-/m1/s1. The van der Waals surface area contributed by atoms with E-state index in [1.165, 1.54) is 10.9 Å². The summed E-state index contributed by atoms with van der Waals surface area (Å²) in [5.74, 6) is -0.874. The van der Waals surface area contributed by atoms with Gasteiger partial charge < -0.3 is 34.9 Å². The normalized spacial score (nSPS) is 23.6. The van der Waals surface area contributed by atoms with E-state index in [0.29, 0.717) is 11.3 Å². The van der Waals surface area contributed by atoms with Crippen molar-refractivity contribution in [3.8, 4) is 0 Å². The quantitative estimate of drug-likeness (QED) is 0.131. The fourth-order valence-electron chi connectivity index (χ4n) is 4.51. The van der Waals surface area contributed by atoms with Crippen LogP contribution in [0.15, 0.2) is 48.8 Å². The van der Waals surface area contributed by atoms with Crippen molar-refractivity contribution in [1.82, 2.24) is 19.5 Å². The van der Waals surface area contributed by atoms with E-state index >= 15 is 0 Å². The fraction of sp³-hybridized carbons (Fsp3) is 0.318. The highest BCUT2D eigenvalue weighted by molar-refractivity contribution is 7.72. The van der Waals surface area contributed by atoms with Crippen LogP contribution < -0.4 is 5.32 Å². The lowest BCUT2D eigenvalue weighted by Crippen LogP contribution is -2.32. The number of ether oxygens (including phenoxy) is 1. The highest BCUT2D eigenvalue weighted by Crippen LogP contribution is 2.55. The molecule has 16 heteroatoms. The topological polar surface area (TPSA) is 200 Å². The van der Waals surface area contributed by atoms with E-state index in [1.54, 1.807) is 0 Å². The molecule has 0 saturated carbocycles. The monoisotopic (exact) mass is 583 g/mol. The summed E-state index contributed by atoms with van der Waals surface area (Å²) >= 11 is 6.21. The van der Waals surface area contributed by atoms with Gasteiger partial charge in [0, 0.05) is 17.2 Å². The van der Waals surface area contributed by atoms with Gasteiger partial charge in [-0.2, -0.15) is 9.97 Å². The van der Waals surface area contributed by atoms with Crippen LogP contribution in [0.3, 0.4) is 0 Å². The highest BCUT2D eigenvalue weighted by atomic mass is 35.5. The summed E-state index contributed by atoms with van der Waals surface area (Å²) in [6.45, 7) is 0. The SMILES string of the molecule is O=P(O)(O)CP(=O)(O)CC[C@H]1O[C@@H](n2cnc3c(Nc4cccc5ccccc45)nc(Cl)nc32)C(O)C1O. The predicted octanol–water partition coefficient (Wildman–Crippen LogP) is 2.79. The van der Waals surface area contributed by atoms with Gasteiger partial charge in [0.15, 0.2) is 23.2 Å². The molecule has 1 aliphatic heterocycles. The van der Waals surface area contributed by atoms with Crippen LogP contribution in [0.25, 0.3) is 21.9 Å². The Kier molecular flexibility index (Phi) is 7.34. The van der Waals surface area contributed by atoms with Crippen LogP contribution in [0.2, 0.25) is 5.28 Å². The fourth-order valence-corrected chi connectivity index (χ4v) is 8.20. The summed E-state index contributed by atoms with van der Waals surface area (Å²) in [6.07, 6.45) is -4.56. The summed E-state index contributed by atoms with van der Waals surface area (Å²) in [5, 5.41) is 26.3. The number of hydrogen-bond acceptors (Lipinski definition) is 9. The number of aliphatic hydroxyl groups is 2. The zero-order valence-corrected chi connectivity index (χ0v) is 22.1. The van der Waals surface area contributed by atoms with Crippen molar-refractivity contribution in [3.63, 3.8) is 0 Å². The predicted molar refractivity (Wildman–Crippen MR) is 140 cm³/mol. The second kappa shape index (κ2) is 10.3. The van der Waals surface area contributed by atoms with E-state index in [2.05, 4.69) is 20.3 Å². The molecule has 6 N–H and O–H groups in total. The van der Waals surface area contributed by atoms with E-state index < -0.39 is 51.6 Å². The van der Waals surface area contributed by atoms with Gasteiger partial charge in [0.05, 0.1) is 12.4 Å². The van der Waals surface area contributed by atoms with Gasteiger partial charge in [0.25, 0.3) is 0 Å². The number of rotatable bonds is 8. The maximum atomic E-state index is 12.2. The first-order valence-corrected chi connectivity index (χ1v) is 15.6. The molecule has 4 aromatic rings. The maximum Gasteiger partial charge on any atom is 0.335 e. The number of aromatic nitrogens is 4. The number of benzene rings is 2. The maximum absolute atomic E-state index is 12.2. The van der Waals surface area contributed by atoms with Gasteiger partial charge in [-0.15, -0.1) is 0 Å². The molecule has 38 heavy (non-hydrogen) atoms. The third-order valence-corrected chi connectivity index (χ3v) is 10.6. The van der Waals surface area contributed by atoms with Crippen LogP contribution >= 0.6 is 26.6 Å². The molecule has 0 bridgehead atoms. The van der Waals surface area contributed by atoms with Gasteiger partial charge in [-0.3, -0.25) is 13.7 Å². The van der Waals surface area contributed by atoms with Crippen LogP contribution in [-0.2, 0) is 13.9 Å². The first-order valence-electron chi connectivity index (χ1n) is 11.4. The lowest BCUT2D eigenvalue weighted by atomic mass is 10.1. The van der Waals surface area contributed by atoms with Gasteiger partial charge in [0.1, 0.15) is 18.1 Å². The zero-order valence-electron chi connectivity index (χ0n) is 19.6. The average Bonchev–Trinajstić information content (AvgIpc) is 3.37. The molecular formula is C22H24ClN5O8P2. The Bertz CT molecular complexity index is 1590. The number of imidazole rings is 1. The summed E-state index contributed by atoms with van der Waals surface area (Å²) in [4.78, 5) is 40.8. The molecule has 1 saturated heterocycles. The van der Waals surface area contributed by atoms with Crippen molar-refractivity contribution in [1.29, 1.82) is 0 Å². The van der Waals surface area contributed by atoms with Crippen LogP contribution in [0.1, 0.15) is 12.6 Å². The Hall–Kier alpha value is -2.44. The van der Waals surface area contributed by atoms with Gasteiger partial charge in [-0.25, -0.2) is 4.98 Å². The van der Waals surface area contributed by atoms with Gasteiger partial charge in [-0.1, -0.05) is 36.4 Å². The average molecular weight is 584 g/mol. The largest absolute Gasteiger partial charge is 0.388 e. The molecule has 5 atom stereocenters. The molecule has 1 fully saturated rings. The zero-order chi connectivity index (χ0) is 27.2. The molecule has 0 spiro atoms. The molecule has 0 amide bonds. The van der Waals surface area contributed by atoms with Crippen LogP contribution in [0.5, 0.6) is 0 Å². The number of nitrogens with one attached hydrogen (secondary N) is 1. The molecule has 2 aromatic carbocycles. The Morgan fingerprint density at radius 1 is 1.03 bits per heavy atom. The van der Waals surface area contributed by atoms with E-state index in [4.69, 9.17) is 26.1 Å². The highest BCUT2D eigenvalue weighted by Gasteiger charge is 2.45. The van der Waals surface area contributed by atoms with Crippen molar-refractivity contribution >= 4 is 60.0 Å². The lowest BCUT2D eigenvalue weighted by Gasteiger charge is -2.18. The van der Waals surface area contributed by atoms with E-state index in [0.717, 1.165) is 16.5 Å². The minimum Gasteiger partial charge on any atom is -0.388 e. The molecule has 0 aliphatic carbocycles. The number of hydrogen-bond donors (Lipinski definition) is 6. The summed E-state index contributed by atoms with van der Waals surface area (Å²) < 4.78 is 30.5. The van der Waals surface area contributed by atoms with Crippen LogP contribution in [0.4, 0.5) is 11.5 Å².